The van der Waals surface area contributed by atoms with Crippen molar-refractivity contribution in [3.8, 4) is 0 Å². The van der Waals surface area contributed by atoms with Gasteiger partial charge in [-0.25, -0.2) is 9.79 Å². The molecule has 0 N–H and O–H groups in total. The molecule has 0 aliphatic heterocycles. The summed E-state index contributed by atoms with van der Waals surface area (Å²) in [6.45, 7) is 7.09. The van der Waals surface area contributed by atoms with E-state index < -0.39 is 0 Å². The molecule has 24 heavy (non-hydrogen) atoms. The van der Waals surface area contributed by atoms with Crippen molar-refractivity contribution in [3.63, 3.8) is 0 Å². The van der Waals surface area contributed by atoms with Crippen LogP contribution in [0, 0.1) is 13.8 Å². The highest BCUT2D eigenvalue weighted by molar-refractivity contribution is 5.92. The minimum Gasteiger partial charge on any atom is -0.457 e. The normalized spacial score (nSPS) is 10.8. The van der Waals surface area contributed by atoms with Gasteiger partial charge in [-0.2, -0.15) is 0 Å². The largest absolute Gasteiger partial charge is 0.457 e. The van der Waals surface area contributed by atoms with Crippen LogP contribution in [0.4, 0.5) is 5.69 Å². The average molecular weight is 324 g/mol. The van der Waals surface area contributed by atoms with Gasteiger partial charge in [0.2, 0.25) is 0 Å². The molecule has 0 saturated carbocycles. The van der Waals surface area contributed by atoms with Crippen molar-refractivity contribution in [3.05, 3.63) is 64.7 Å². The molecule has 0 spiro atoms. The second-order valence-electron chi connectivity index (χ2n) is 5.83. The highest BCUT2D eigenvalue weighted by Crippen LogP contribution is 2.24. The number of nitrogens with zero attached hydrogens (tertiary/aromatic N) is 2. The van der Waals surface area contributed by atoms with Gasteiger partial charge in [0.25, 0.3) is 0 Å². The highest BCUT2D eigenvalue weighted by atomic mass is 16.5. The van der Waals surface area contributed by atoms with E-state index in [1.54, 1.807) is 6.34 Å². The molecule has 0 unspecified atom stereocenters. The Bertz CT molecular complexity index is 724. The Morgan fingerprint density at radius 2 is 1.88 bits per heavy atom. The molecule has 0 heterocycles. The molecule has 0 atom stereocenters. The Kier molecular flexibility index (Phi) is 6.13. The minimum atomic E-state index is -0.305. The van der Waals surface area contributed by atoms with E-state index >= 15 is 0 Å². The molecule has 4 nitrogen and oxygen atoms in total. The number of benzene rings is 2. The fourth-order valence-corrected chi connectivity index (χ4v) is 2.20. The van der Waals surface area contributed by atoms with E-state index in [0.29, 0.717) is 5.56 Å². The van der Waals surface area contributed by atoms with Crippen LogP contribution in [0.2, 0.25) is 0 Å². The first kappa shape index (κ1) is 17.7. The molecule has 0 aromatic heterocycles. The van der Waals surface area contributed by atoms with Crippen LogP contribution >= 0.6 is 0 Å². The first-order chi connectivity index (χ1) is 11.5. The third-order valence-corrected chi connectivity index (χ3v) is 3.87. The number of ether oxygens (including phenoxy) is 1. The van der Waals surface area contributed by atoms with Gasteiger partial charge in [-0.05, 0) is 49.6 Å². The first-order valence-corrected chi connectivity index (χ1v) is 8.08. The summed E-state index contributed by atoms with van der Waals surface area (Å²) in [6, 6.07) is 13.4. The van der Waals surface area contributed by atoms with Crippen LogP contribution < -0.4 is 0 Å². The lowest BCUT2D eigenvalue weighted by Gasteiger charge is -2.12. The molecular weight excluding hydrogens is 300 g/mol. The van der Waals surface area contributed by atoms with Crippen molar-refractivity contribution in [1.29, 1.82) is 0 Å². The van der Waals surface area contributed by atoms with Gasteiger partial charge in [0.15, 0.2) is 0 Å². The van der Waals surface area contributed by atoms with E-state index in [1.165, 1.54) is 0 Å². The van der Waals surface area contributed by atoms with Crippen LogP contribution in [0.25, 0.3) is 0 Å². The quantitative estimate of drug-likeness (QED) is 0.453. The Morgan fingerprint density at radius 3 is 2.54 bits per heavy atom. The molecule has 0 amide bonds. The van der Waals surface area contributed by atoms with E-state index in [2.05, 4.69) is 11.9 Å². The van der Waals surface area contributed by atoms with Crippen LogP contribution in [0.1, 0.15) is 34.0 Å². The summed E-state index contributed by atoms with van der Waals surface area (Å²) >= 11 is 0. The summed E-state index contributed by atoms with van der Waals surface area (Å²) in [4.78, 5) is 18.8. The SMILES string of the molecule is CCN(C)C=Nc1cc(C)c(C(=O)OCc2ccccc2)cc1C. The topological polar surface area (TPSA) is 41.9 Å². The van der Waals surface area contributed by atoms with E-state index in [-0.39, 0.29) is 12.6 Å². The van der Waals surface area contributed by atoms with Crippen LogP contribution in [-0.4, -0.2) is 30.8 Å². The van der Waals surface area contributed by atoms with Gasteiger partial charge in [-0.15, -0.1) is 0 Å². The van der Waals surface area contributed by atoms with E-state index in [1.807, 2.05) is 68.3 Å². The number of hydrogen-bond acceptors (Lipinski definition) is 3. The number of carbonyl (C=O) groups is 1. The predicted octanol–water partition coefficient (Wildman–Crippen LogP) is 4.27. The molecule has 0 saturated heterocycles. The molecule has 126 valence electrons. The number of carbonyl (C=O) groups excluding carboxylic acids is 1. The molecule has 0 bridgehead atoms. The molecule has 0 radical (unpaired) electrons. The monoisotopic (exact) mass is 324 g/mol. The maximum absolute atomic E-state index is 12.3. The van der Waals surface area contributed by atoms with Crippen molar-refractivity contribution in [1.82, 2.24) is 4.90 Å². The number of rotatable bonds is 6. The molecule has 2 aromatic carbocycles. The van der Waals surface area contributed by atoms with Crippen molar-refractivity contribution >= 4 is 18.0 Å². The summed E-state index contributed by atoms with van der Waals surface area (Å²) in [5.41, 5.74) is 4.25. The molecule has 2 rings (SSSR count). The summed E-state index contributed by atoms with van der Waals surface area (Å²) in [6.07, 6.45) is 1.80. The Labute approximate surface area is 143 Å². The first-order valence-electron chi connectivity index (χ1n) is 8.08. The fraction of sp³-hybridized carbons (Fsp3) is 0.300. The molecule has 4 heteroatoms. The number of aryl methyl sites for hydroxylation is 2. The van der Waals surface area contributed by atoms with Crippen LogP contribution in [0.5, 0.6) is 0 Å². The number of aliphatic imine (C=N–C) groups is 1. The second kappa shape index (κ2) is 8.29. The molecule has 0 fully saturated rings. The summed E-state index contributed by atoms with van der Waals surface area (Å²) < 4.78 is 5.42. The van der Waals surface area contributed by atoms with Crippen molar-refractivity contribution in [2.75, 3.05) is 13.6 Å². The van der Waals surface area contributed by atoms with Crippen molar-refractivity contribution < 1.29 is 9.53 Å². The molecular formula is C20H24N2O2. The lowest BCUT2D eigenvalue weighted by Crippen LogP contribution is -2.14. The third kappa shape index (κ3) is 4.69. The number of esters is 1. The highest BCUT2D eigenvalue weighted by Gasteiger charge is 2.13. The molecule has 0 aliphatic carbocycles. The van der Waals surface area contributed by atoms with E-state index in [0.717, 1.165) is 28.9 Å². The van der Waals surface area contributed by atoms with Gasteiger partial charge < -0.3 is 9.64 Å². The Hall–Kier alpha value is -2.62. The lowest BCUT2D eigenvalue weighted by atomic mass is 10.0. The van der Waals surface area contributed by atoms with E-state index in [9.17, 15) is 4.79 Å². The van der Waals surface area contributed by atoms with Gasteiger partial charge in [-0.3, -0.25) is 0 Å². The summed E-state index contributed by atoms with van der Waals surface area (Å²) in [7, 11) is 1.97. The standard InChI is InChI=1S/C20H24N2O2/c1-5-22(4)14-21-19-12-15(2)18(11-16(19)3)20(23)24-13-17-9-7-6-8-10-17/h6-12,14H,5,13H2,1-4H3. The minimum absolute atomic E-state index is 0.277. The smallest absolute Gasteiger partial charge is 0.338 e. The van der Waals surface area contributed by atoms with Crippen molar-refractivity contribution in [2.45, 2.75) is 27.4 Å². The summed E-state index contributed by atoms with van der Waals surface area (Å²) in [5, 5.41) is 0. The zero-order valence-electron chi connectivity index (χ0n) is 14.7. The van der Waals surface area contributed by atoms with Gasteiger partial charge in [0, 0.05) is 13.6 Å². The lowest BCUT2D eigenvalue weighted by molar-refractivity contribution is 0.0472. The summed E-state index contributed by atoms with van der Waals surface area (Å²) in [5.74, 6) is -0.305. The number of hydrogen-bond donors (Lipinski definition) is 0. The van der Waals surface area contributed by atoms with Gasteiger partial charge in [0.1, 0.15) is 6.61 Å². The van der Waals surface area contributed by atoms with Gasteiger partial charge >= 0.3 is 5.97 Å². The van der Waals surface area contributed by atoms with Crippen LogP contribution in [-0.2, 0) is 11.3 Å². The van der Waals surface area contributed by atoms with Crippen LogP contribution in [0.15, 0.2) is 47.5 Å². The third-order valence-electron chi connectivity index (χ3n) is 3.87. The molecule has 2 aromatic rings. The zero-order chi connectivity index (χ0) is 17.5. The molecule has 0 aliphatic rings. The average Bonchev–Trinajstić information content (AvgIpc) is 2.60. The van der Waals surface area contributed by atoms with Gasteiger partial charge in [-0.1, -0.05) is 30.3 Å². The Balaban J connectivity index is 2.11. The van der Waals surface area contributed by atoms with Crippen molar-refractivity contribution in [2.24, 2.45) is 4.99 Å². The maximum Gasteiger partial charge on any atom is 0.338 e. The Morgan fingerprint density at radius 1 is 1.17 bits per heavy atom. The van der Waals surface area contributed by atoms with Crippen LogP contribution in [0.3, 0.4) is 0 Å². The van der Waals surface area contributed by atoms with E-state index in [4.69, 9.17) is 4.74 Å². The fourth-order valence-electron chi connectivity index (χ4n) is 2.20. The predicted molar refractivity (Wildman–Crippen MR) is 97.9 cm³/mol. The maximum atomic E-state index is 12.3. The second-order valence-corrected chi connectivity index (χ2v) is 5.83. The van der Waals surface area contributed by atoms with Gasteiger partial charge in [0.05, 0.1) is 17.6 Å². The zero-order valence-corrected chi connectivity index (χ0v) is 14.7.